The van der Waals surface area contributed by atoms with Gasteiger partial charge in [0.05, 0.1) is 6.04 Å². The number of hydrogen-bond acceptors (Lipinski definition) is 3. The molecule has 1 unspecified atom stereocenters. The number of aryl methyl sites for hydroxylation is 2. The van der Waals surface area contributed by atoms with Gasteiger partial charge in [-0.1, -0.05) is 6.92 Å². The summed E-state index contributed by atoms with van der Waals surface area (Å²) in [4.78, 5) is 5.87. The van der Waals surface area contributed by atoms with Crippen LogP contribution in [-0.4, -0.2) is 9.55 Å². The summed E-state index contributed by atoms with van der Waals surface area (Å²) in [7, 11) is 0. The molecule has 2 heterocycles. The van der Waals surface area contributed by atoms with Crippen LogP contribution >= 0.6 is 11.3 Å². The molecule has 2 aromatic heterocycles. The Balaban J connectivity index is 2.01. The third-order valence-corrected chi connectivity index (χ3v) is 5.21. The van der Waals surface area contributed by atoms with Crippen molar-refractivity contribution >= 4 is 11.3 Å². The number of rotatable bonds is 6. The predicted molar refractivity (Wildman–Crippen MR) is 86.3 cm³/mol. The van der Waals surface area contributed by atoms with E-state index in [4.69, 9.17) is 0 Å². The standard InChI is InChI=1S/C16H25N3S/c1-6-15-10-18-16(20-15)12(4)17-9-14-8-11(3)19(7-2)13(14)5/h8,10,12,17H,6-7,9H2,1-5H3. The normalized spacial score (nSPS) is 12.8. The van der Waals surface area contributed by atoms with E-state index in [0.717, 1.165) is 19.5 Å². The van der Waals surface area contributed by atoms with Gasteiger partial charge in [0.25, 0.3) is 0 Å². The summed E-state index contributed by atoms with van der Waals surface area (Å²) in [5.74, 6) is 0. The van der Waals surface area contributed by atoms with Crippen molar-refractivity contribution in [3.63, 3.8) is 0 Å². The Kier molecular flexibility index (Phi) is 5.00. The molecule has 4 heteroatoms. The Morgan fingerprint density at radius 3 is 2.65 bits per heavy atom. The van der Waals surface area contributed by atoms with Crippen molar-refractivity contribution in [2.24, 2.45) is 0 Å². The Morgan fingerprint density at radius 2 is 2.10 bits per heavy atom. The fraction of sp³-hybridized carbons (Fsp3) is 0.562. The van der Waals surface area contributed by atoms with Crippen LogP contribution in [0.2, 0.25) is 0 Å². The molecule has 0 bridgehead atoms. The van der Waals surface area contributed by atoms with Crippen LogP contribution in [0, 0.1) is 13.8 Å². The highest BCUT2D eigenvalue weighted by molar-refractivity contribution is 7.11. The lowest BCUT2D eigenvalue weighted by Gasteiger charge is -2.11. The summed E-state index contributed by atoms with van der Waals surface area (Å²) in [5.41, 5.74) is 4.11. The van der Waals surface area contributed by atoms with E-state index in [1.54, 1.807) is 0 Å². The van der Waals surface area contributed by atoms with E-state index in [1.165, 1.54) is 26.8 Å². The Morgan fingerprint density at radius 1 is 1.35 bits per heavy atom. The lowest BCUT2D eigenvalue weighted by molar-refractivity contribution is 0.569. The highest BCUT2D eigenvalue weighted by Crippen LogP contribution is 2.21. The fourth-order valence-corrected chi connectivity index (χ4v) is 3.46. The number of nitrogens with one attached hydrogen (secondary N) is 1. The summed E-state index contributed by atoms with van der Waals surface area (Å²) in [5, 5.41) is 4.78. The molecule has 0 aliphatic rings. The van der Waals surface area contributed by atoms with E-state index in [-0.39, 0.29) is 0 Å². The summed E-state index contributed by atoms with van der Waals surface area (Å²) >= 11 is 1.81. The van der Waals surface area contributed by atoms with Crippen molar-refractivity contribution in [2.75, 3.05) is 0 Å². The molecule has 110 valence electrons. The first-order chi connectivity index (χ1) is 9.56. The van der Waals surface area contributed by atoms with Gasteiger partial charge in [-0.15, -0.1) is 11.3 Å². The molecule has 1 N–H and O–H groups in total. The van der Waals surface area contributed by atoms with Crippen LogP contribution in [0.3, 0.4) is 0 Å². The second-order valence-electron chi connectivity index (χ2n) is 5.26. The smallest absolute Gasteiger partial charge is 0.109 e. The minimum absolute atomic E-state index is 0.310. The van der Waals surface area contributed by atoms with Crippen molar-refractivity contribution < 1.29 is 0 Å². The SMILES string of the molecule is CCc1cnc(C(C)NCc2cc(C)n(CC)c2C)s1. The number of thiazole rings is 1. The van der Waals surface area contributed by atoms with E-state index in [2.05, 4.69) is 55.6 Å². The predicted octanol–water partition coefficient (Wildman–Crippen LogP) is 3.99. The van der Waals surface area contributed by atoms with E-state index in [9.17, 15) is 0 Å². The van der Waals surface area contributed by atoms with Crippen LogP contribution in [0.1, 0.15) is 53.6 Å². The molecule has 2 rings (SSSR count). The average Bonchev–Trinajstić information content (AvgIpc) is 3.01. The lowest BCUT2D eigenvalue weighted by Crippen LogP contribution is -2.18. The van der Waals surface area contributed by atoms with Gasteiger partial charge in [-0.2, -0.15) is 0 Å². The van der Waals surface area contributed by atoms with E-state index < -0.39 is 0 Å². The van der Waals surface area contributed by atoms with E-state index in [1.807, 2.05) is 17.5 Å². The first-order valence-electron chi connectivity index (χ1n) is 7.40. The van der Waals surface area contributed by atoms with Crippen molar-refractivity contribution in [3.05, 3.63) is 39.1 Å². The van der Waals surface area contributed by atoms with Crippen LogP contribution in [-0.2, 0) is 19.5 Å². The second-order valence-corrected chi connectivity index (χ2v) is 6.41. The van der Waals surface area contributed by atoms with Gasteiger partial charge in [0.15, 0.2) is 0 Å². The van der Waals surface area contributed by atoms with Gasteiger partial charge in [-0.3, -0.25) is 0 Å². The summed E-state index contributed by atoms with van der Waals surface area (Å²) in [6.45, 7) is 12.9. The average molecular weight is 291 g/mol. The Hall–Kier alpha value is -1.13. The van der Waals surface area contributed by atoms with Gasteiger partial charge >= 0.3 is 0 Å². The number of aromatic nitrogens is 2. The largest absolute Gasteiger partial charge is 0.349 e. The van der Waals surface area contributed by atoms with Crippen LogP contribution < -0.4 is 5.32 Å². The zero-order chi connectivity index (χ0) is 14.7. The molecule has 0 aromatic carbocycles. The monoisotopic (exact) mass is 291 g/mol. The van der Waals surface area contributed by atoms with Crippen LogP contribution in [0.5, 0.6) is 0 Å². The fourth-order valence-electron chi connectivity index (χ4n) is 2.57. The van der Waals surface area contributed by atoms with Crippen LogP contribution in [0.25, 0.3) is 0 Å². The highest BCUT2D eigenvalue weighted by atomic mass is 32.1. The maximum Gasteiger partial charge on any atom is 0.109 e. The first kappa shape index (κ1) is 15.3. The third kappa shape index (κ3) is 3.13. The van der Waals surface area contributed by atoms with Crippen LogP contribution in [0.15, 0.2) is 12.3 Å². The van der Waals surface area contributed by atoms with Crippen molar-refractivity contribution in [1.29, 1.82) is 0 Å². The molecule has 0 aliphatic carbocycles. The minimum Gasteiger partial charge on any atom is -0.349 e. The minimum atomic E-state index is 0.310. The topological polar surface area (TPSA) is 29.9 Å². The van der Waals surface area contributed by atoms with Gasteiger partial charge in [-0.25, -0.2) is 4.98 Å². The van der Waals surface area contributed by atoms with Crippen molar-refractivity contribution in [2.45, 2.75) is 60.2 Å². The number of nitrogens with zero attached hydrogens (tertiary/aromatic N) is 2. The maximum absolute atomic E-state index is 4.51. The number of hydrogen-bond donors (Lipinski definition) is 1. The highest BCUT2D eigenvalue weighted by Gasteiger charge is 2.12. The molecule has 0 radical (unpaired) electrons. The van der Waals surface area contributed by atoms with E-state index in [0.29, 0.717) is 6.04 Å². The van der Waals surface area contributed by atoms with Gasteiger partial charge in [-0.05, 0) is 45.7 Å². The molecule has 20 heavy (non-hydrogen) atoms. The van der Waals surface area contributed by atoms with Gasteiger partial charge < -0.3 is 9.88 Å². The second kappa shape index (κ2) is 6.55. The van der Waals surface area contributed by atoms with Crippen molar-refractivity contribution in [1.82, 2.24) is 14.9 Å². The van der Waals surface area contributed by atoms with Gasteiger partial charge in [0.2, 0.25) is 0 Å². The lowest BCUT2D eigenvalue weighted by atomic mass is 10.2. The molecular formula is C16H25N3S. The zero-order valence-electron chi connectivity index (χ0n) is 13.2. The molecule has 0 aliphatic heterocycles. The molecule has 3 nitrogen and oxygen atoms in total. The molecule has 0 amide bonds. The Bertz CT molecular complexity index is 568. The molecule has 1 atom stereocenters. The molecular weight excluding hydrogens is 266 g/mol. The third-order valence-electron chi connectivity index (χ3n) is 3.88. The summed E-state index contributed by atoms with van der Waals surface area (Å²) in [6.07, 6.45) is 3.07. The van der Waals surface area contributed by atoms with Gasteiger partial charge in [0.1, 0.15) is 5.01 Å². The molecule has 0 saturated heterocycles. The maximum atomic E-state index is 4.51. The summed E-state index contributed by atoms with van der Waals surface area (Å²) in [6, 6.07) is 2.60. The molecule has 0 fully saturated rings. The quantitative estimate of drug-likeness (QED) is 0.872. The molecule has 0 saturated carbocycles. The van der Waals surface area contributed by atoms with Crippen LogP contribution in [0.4, 0.5) is 0 Å². The summed E-state index contributed by atoms with van der Waals surface area (Å²) < 4.78 is 2.36. The zero-order valence-corrected chi connectivity index (χ0v) is 14.0. The first-order valence-corrected chi connectivity index (χ1v) is 8.22. The van der Waals surface area contributed by atoms with E-state index >= 15 is 0 Å². The molecule has 2 aromatic rings. The van der Waals surface area contributed by atoms with Crippen molar-refractivity contribution in [3.8, 4) is 0 Å². The molecule has 0 spiro atoms. The van der Waals surface area contributed by atoms with Gasteiger partial charge in [0, 0.05) is 35.6 Å². The Labute approximate surface area is 126 Å².